The van der Waals surface area contributed by atoms with Crippen LogP contribution in [-0.4, -0.2) is 54.7 Å². The first-order valence-corrected chi connectivity index (χ1v) is 9.21. The minimum Gasteiger partial charge on any atom is -0.379 e. The Morgan fingerprint density at radius 1 is 1.16 bits per heavy atom. The molecule has 0 radical (unpaired) electrons. The Kier molecular flexibility index (Phi) is 4.72. The number of carbonyl (C=O) groups is 1. The molecule has 0 spiro atoms. The first-order chi connectivity index (χ1) is 11.8. The molecule has 0 aliphatic carbocycles. The highest BCUT2D eigenvalue weighted by atomic mass is 32.2. The van der Waals surface area contributed by atoms with Crippen LogP contribution in [0.2, 0.25) is 0 Å². The van der Waals surface area contributed by atoms with Crippen molar-refractivity contribution in [2.45, 2.75) is 18.7 Å². The van der Waals surface area contributed by atoms with Crippen molar-refractivity contribution in [1.82, 2.24) is 14.1 Å². The summed E-state index contributed by atoms with van der Waals surface area (Å²) < 4.78 is 46.4. The lowest BCUT2D eigenvalue weighted by atomic mass is 10.2. The monoisotopic (exact) mass is 367 g/mol. The molecule has 1 aromatic carbocycles. The van der Waals surface area contributed by atoms with Gasteiger partial charge in [0.05, 0.1) is 24.6 Å². The number of hydrogen-bond acceptors (Lipinski definition) is 5. The van der Waals surface area contributed by atoms with Gasteiger partial charge in [0.2, 0.25) is 10.0 Å². The van der Waals surface area contributed by atoms with E-state index in [2.05, 4.69) is 5.10 Å². The maximum absolute atomic E-state index is 13.0. The number of benzene rings is 1. The van der Waals surface area contributed by atoms with Crippen molar-refractivity contribution in [2.75, 3.05) is 26.3 Å². The molecule has 1 fully saturated rings. The summed E-state index contributed by atoms with van der Waals surface area (Å²) in [6.07, 6.45) is 0. The molecular weight excluding hydrogens is 349 g/mol. The van der Waals surface area contributed by atoms with Gasteiger partial charge in [-0.1, -0.05) is 0 Å². The number of aromatic nitrogens is 2. The van der Waals surface area contributed by atoms with E-state index in [1.807, 2.05) is 0 Å². The van der Waals surface area contributed by atoms with E-state index in [-0.39, 0.29) is 34.9 Å². The van der Waals surface area contributed by atoms with Crippen LogP contribution >= 0.6 is 0 Å². The van der Waals surface area contributed by atoms with Gasteiger partial charge in [-0.3, -0.25) is 4.79 Å². The molecule has 0 N–H and O–H groups in total. The van der Waals surface area contributed by atoms with Crippen LogP contribution in [0.5, 0.6) is 0 Å². The van der Waals surface area contributed by atoms with Crippen LogP contribution in [0, 0.1) is 19.7 Å². The summed E-state index contributed by atoms with van der Waals surface area (Å²) in [6, 6.07) is 5.02. The highest BCUT2D eigenvalue weighted by Gasteiger charge is 2.33. The van der Waals surface area contributed by atoms with Gasteiger partial charge in [-0.15, -0.1) is 0 Å². The first kappa shape index (κ1) is 17.7. The SMILES string of the molecule is Cc1nn(C(=O)c2ccc(F)cc2)c(C)c1S(=O)(=O)N1CCOCC1. The number of sulfonamides is 1. The summed E-state index contributed by atoms with van der Waals surface area (Å²) in [5.41, 5.74) is 0.708. The highest BCUT2D eigenvalue weighted by molar-refractivity contribution is 7.89. The quantitative estimate of drug-likeness (QED) is 0.818. The molecule has 2 heterocycles. The number of aryl methyl sites for hydroxylation is 1. The average molecular weight is 367 g/mol. The summed E-state index contributed by atoms with van der Waals surface area (Å²) in [6.45, 7) is 4.28. The van der Waals surface area contributed by atoms with Gasteiger partial charge in [-0.25, -0.2) is 12.8 Å². The molecule has 25 heavy (non-hydrogen) atoms. The molecule has 1 aliphatic heterocycles. The molecule has 0 unspecified atom stereocenters. The molecule has 0 bridgehead atoms. The predicted octanol–water partition coefficient (Wildman–Crippen LogP) is 1.35. The standard InChI is InChI=1S/C16H18FN3O4S/c1-11-15(25(22,23)19-7-9-24-10-8-19)12(2)20(18-11)16(21)13-3-5-14(17)6-4-13/h3-6H,7-10H2,1-2H3. The highest BCUT2D eigenvalue weighted by Crippen LogP contribution is 2.24. The number of morpholine rings is 1. The third-order valence-corrected chi connectivity index (χ3v) is 6.23. The number of rotatable bonds is 3. The average Bonchev–Trinajstić information content (AvgIpc) is 2.90. The van der Waals surface area contributed by atoms with Crippen LogP contribution in [0.15, 0.2) is 29.2 Å². The van der Waals surface area contributed by atoms with Gasteiger partial charge in [0.15, 0.2) is 0 Å². The smallest absolute Gasteiger partial charge is 0.278 e. The summed E-state index contributed by atoms with van der Waals surface area (Å²) >= 11 is 0. The minimum absolute atomic E-state index is 0.0323. The Hall–Kier alpha value is -2.10. The third kappa shape index (κ3) is 3.22. The zero-order valence-electron chi connectivity index (χ0n) is 13.9. The normalized spacial score (nSPS) is 16.1. The van der Waals surface area contributed by atoms with Crippen molar-refractivity contribution in [1.29, 1.82) is 0 Å². The molecule has 134 valence electrons. The maximum Gasteiger partial charge on any atom is 0.278 e. The van der Waals surface area contributed by atoms with E-state index >= 15 is 0 Å². The molecule has 1 aliphatic rings. The Morgan fingerprint density at radius 3 is 2.36 bits per heavy atom. The van der Waals surface area contributed by atoms with Gasteiger partial charge in [-0.2, -0.15) is 14.1 Å². The second kappa shape index (κ2) is 6.66. The summed E-state index contributed by atoms with van der Waals surface area (Å²) in [7, 11) is -3.77. The van der Waals surface area contributed by atoms with Crippen LogP contribution in [0.1, 0.15) is 21.7 Å². The van der Waals surface area contributed by atoms with Crippen molar-refractivity contribution >= 4 is 15.9 Å². The number of halogens is 1. The fourth-order valence-corrected chi connectivity index (χ4v) is 4.59. The summed E-state index contributed by atoms with van der Waals surface area (Å²) in [4.78, 5) is 12.6. The molecule has 7 nitrogen and oxygen atoms in total. The van der Waals surface area contributed by atoms with Gasteiger partial charge in [0.1, 0.15) is 10.7 Å². The van der Waals surface area contributed by atoms with E-state index in [0.29, 0.717) is 13.2 Å². The molecule has 1 saturated heterocycles. The Labute approximate surface area is 145 Å². The molecule has 0 amide bonds. The van der Waals surface area contributed by atoms with Crippen LogP contribution in [-0.2, 0) is 14.8 Å². The number of ether oxygens (including phenoxy) is 1. The van der Waals surface area contributed by atoms with Gasteiger partial charge in [0, 0.05) is 18.7 Å². The fraction of sp³-hybridized carbons (Fsp3) is 0.375. The first-order valence-electron chi connectivity index (χ1n) is 7.77. The van der Waals surface area contributed by atoms with Crippen LogP contribution in [0.4, 0.5) is 4.39 Å². The van der Waals surface area contributed by atoms with Crippen LogP contribution < -0.4 is 0 Å². The van der Waals surface area contributed by atoms with Crippen molar-refractivity contribution < 1.29 is 22.3 Å². The molecule has 1 aromatic heterocycles. The van der Waals surface area contributed by atoms with E-state index < -0.39 is 21.7 Å². The zero-order valence-corrected chi connectivity index (χ0v) is 14.7. The molecule has 2 aromatic rings. The van der Waals surface area contributed by atoms with Gasteiger partial charge < -0.3 is 4.74 Å². The fourth-order valence-electron chi connectivity index (χ4n) is 2.83. The van der Waals surface area contributed by atoms with E-state index in [9.17, 15) is 17.6 Å². The Bertz CT molecular complexity index is 900. The lowest BCUT2D eigenvalue weighted by molar-refractivity contribution is 0.0730. The van der Waals surface area contributed by atoms with Crippen molar-refractivity contribution in [2.24, 2.45) is 0 Å². The van der Waals surface area contributed by atoms with Gasteiger partial charge in [-0.05, 0) is 38.1 Å². The number of nitrogens with zero attached hydrogens (tertiary/aromatic N) is 3. The molecule has 9 heteroatoms. The van der Waals surface area contributed by atoms with Gasteiger partial charge in [0.25, 0.3) is 5.91 Å². The van der Waals surface area contributed by atoms with E-state index in [1.54, 1.807) is 6.92 Å². The van der Waals surface area contributed by atoms with Crippen molar-refractivity contribution in [3.63, 3.8) is 0 Å². The van der Waals surface area contributed by atoms with E-state index in [4.69, 9.17) is 4.74 Å². The number of hydrogen-bond donors (Lipinski definition) is 0. The molecule has 0 atom stereocenters. The zero-order chi connectivity index (χ0) is 18.2. The van der Waals surface area contributed by atoms with Crippen molar-refractivity contribution in [3.8, 4) is 0 Å². The molecular formula is C16H18FN3O4S. The largest absolute Gasteiger partial charge is 0.379 e. The number of carbonyl (C=O) groups excluding carboxylic acids is 1. The Morgan fingerprint density at radius 2 is 1.76 bits per heavy atom. The maximum atomic E-state index is 13.0. The van der Waals surface area contributed by atoms with Crippen LogP contribution in [0.3, 0.4) is 0 Å². The lowest BCUT2D eigenvalue weighted by Gasteiger charge is -2.26. The summed E-state index contributed by atoms with van der Waals surface area (Å²) in [5, 5.41) is 4.11. The van der Waals surface area contributed by atoms with E-state index in [1.165, 1.54) is 35.5 Å². The van der Waals surface area contributed by atoms with Crippen molar-refractivity contribution in [3.05, 3.63) is 47.0 Å². The second-order valence-electron chi connectivity index (χ2n) is 5.74. The third-order valence-electron chi connectivity index (χ3n) is 4.08. The van der Waals surface area contributed by atoms with Gasteiger partial charge >= 0.3 is 0 Å². The molecule has 3 rings (SSSR count). The minimum atomic E-state index is -3.77. The molecule has 0 saturated carbocycles. The van der Waals surface area contributed by atoms with Crippen LogP contribution in [0.25, 0.3) is 0 Å². The lowest BCUT2D eigenvalue weighted by Crippen LogP contribution is -2.41. The summed E-state index contributed by atoms with van der Waals surface area (Å²) in [5.74, 6) is -0.968. The predicted molar refractivity (Wildman–Crippen MR) is 87.4 cm³/mol. The second-order valence-corrected chi connectivity index (χ2v) is 7.62. The van der Waals surface area contributed by atoms with E-state index in [0.717, 1.165) is 4.68 Å². The topological polar surface area (TPSA) is 81.5 Å². The Balaban J connectivity index is 2.01.